The molecule has 0 saturated heterocycles. The van der Waals surface area contributed by atoms with Gasteiger partial charge in [-0.3, -0.25) is 19.7 Å². The molecule has 10 heteroatoms. The number of nitrogens with zero attached hydrogens (tertiary/aromatic N) is 2. The molecule has 10 nitrogen and oxygen atoms in total. The van der Waals surface area contributed by atoms with Crippen molar-refractivity contribution >= 4 is 28.9 Å². The lowest BCUT2D eigenvalue weighted by atomic mass is 9.93. The van der Waals surface area contributed by atoms with Crippen LogP contribution in [0.25, 0.3) is 0 Å². The molecule has 0 aliphatic heterocycles. The van der Waals surface area contributed by atoms with E-state index in [9.17, 15) is 19.7 Å². The van der Waals surface area contributed by atoms with Gasteiger partial charge in [0.2, 0.25) is 0 Å². The predicted molar refractivity (Wildman–Crippen MR) is 115 cm³/mol. The Kier molecular flexibility index (Phi) is 5.59. The first-order chi connectivity index (χ1) is 15.3. The van der Waals surface area contributed by atoms with E-state index in [1.165, 1.54) is 24.5 Å². The molecule has 0 unspecified atom stereocenters. The molecule has 1 aromatic carbocycles. The maximum atomic E-state index is 12.8. The Morgan fingerprint density at radius 2 is 1.97 bits per heavy atom. The fourth-order valence-electron chi connectivity index (χ4n) is 3.68. The van der Waals surface area contributed by atoms with Crippen molar-refractivity contribution in [2.75, 3.05) is 5.32 Å². The standard InChI is InChI=1S/C22H20N4O6/c1-12-19-17(24-25-21(27)16-9-10-31-13(16)2)7-4-8-18(19)32-20(12)22(28)23-14-5-3-6-15(11-14)26(29)30/h3,5-6,9-11H,4,7-8H2,1-2H3,(H,23,28)(H,25,27)/b24-17+. The van der Waals surface area contributed by atoms with Crippen LogP contribution < -0.4 is 10.7 Å². The Morgan fingerprint density at radius 3 is 2.69 bits per heavy atom. The van der Waals surface area contributed by atoms with E-state index in [1.54, 1.807) is 26.0 Å². The summed E-state index contributed by atoms with van der Waals surface area (Å²) in [5.41, 5.74) is 5.01. The number of hydrazone groups is 1. The van der Waals surface area contributed by atoms with E-state index in [0.717, 1.165) is 6.42 Å². The molecule has 2 N–H and O–H groups in total. The molecule has 0 bridgehead atoms. The summed E-state index contributed by atoms with van der Waals surface area (Å²) in [6, 6.07) is 7.23. The molecule has 0 fully saturated rings. The molecule has 0 saturated carbocycles. The second-order valence-electron chi connectivity index (χ2n) is 7.36. The number of fused-ring (bicyclic) bond motifs is 1. The minimum absolute atomic E-state index is 0.105. The van der Waals surface area contributed by atoms with Crippen molar-refractivity contribution in [2.24, 2.45) is 5.10 Å². The van der Waals surface area contributed by atoms with Gasteiger partial charge in [0.15, 0.2) is 5.76 Å². The number of hydrogen-bond acceptors (Lipinski definition) is 7. The van der Waals surface area contributed by atoms with Gasteiger partial charge in [-0.1, -0.05) is 6.07 Å². The van der Waals surface area contributed by atoms with E-state index in [-0.39, 0.29) is 23.0 Å². The quantitative estimate of drug-likeness (QED) is 0.455. The van der Waals surface area contributed by atoms with Crippen molar-refractivity contribution in [3.05, 3.63) is 80.7 Å². The van der Waals surface area contributed by atoms with Crippen LogP contribution in [0.1, 0.15) is 56.4 Å². The van der Waals surface area contributed by atoms with Gasteiger partial charge in [-0.05, 0) is 38.8 Å². The van der Waals surface area contributed by atoms with Crippen molar-refractivity contribution in [3.63, 3.8) is 0 Å². The van der Waals surface area contributed by atoms with Crippen LogP contribution in [0.4, 0.5) is 11.4 Å². The fourth-order valence-corrected chi connectivity index (χ4v) is 3.68. The summed E-state index contributed by atoms with van der Waals surface area (Å²) in [4.78, 5) is 35.6. The third-order valence-corrected chi connectivity index (χ3v) is 5.24. The summed E-state index contributed by atoms with van der Waals surface area (Å²) < 4.78 is 11.0. The van der Waals surface area contributed by atoms with Crippen molar-refractivity contribution < 1.29 is 23.3 Å². The molecule has 164 valence electrons. The minimum Gasteiger partial charge on any atom is -0.469 e. The van der Waals surface area contributed by atoms with Crippen molar-refractivity contribution in [1.29, 1.82) is 0 Å². The highest BCUT2D eigenvalue weighted by atomic mass is 16.6. The fraction of sp³-hybridized carbons (Fsp3) is 0.227. The monoisotopic (exact) mass is 436 g/mol. The number of aryl methyl sites for hydroxylation is 2. The highest BCUT2D eigenvalue weighted by Gasteiger charge is 2.28. The summed E-state index contributed by atoms with van der Waals surface area (Å²) in [5.74, 6) is 0.306. The number of hydrogen-bond donors (Lipinski definition) is 2. The first-order valence-corrected chi connectivity index (χ1v) is 9.94. The Labute approximate surface area is 182 Å². The van der Waals surface area contributed by atoms with Gasteiger partial charge in [-0.25, -0.2) is 5.43 Å². The number of carbonyl (C=O) groups excluding carboxylic acids is 2. The number of nitrogens with one attached hydrogen (secondary N) is 2. The Balaban J connectivity index is 1.57. The van der Waals surface area contributed by atoms with Crippen molar-refractivity contribution in [1.82, 2.24) is 5.43 Å². The van der Waals surface area contributed by atoms with E-state index < -0.39 is 10.8 Å². The van der Waals surface area contributed by atoms with Gasteiger partial charge in [0.05, 0.1) is 22.5 Å². The van der Waals surface area contributed by atoms with Crippen molar-refractivity contribution in [2.45, 2.75) is 33.1 Å². The Morgan fingerprint density at radius 1 is 1.16 bits per heavy atom. The molecule has 4 rings (SSSR count). The molecule has 2 aromatic heterocycles. The molecule has 32 heavy (non-hydrogen) atoms. The lowest BCUT2D eigenvalue weighted by Gasteiger charge is -2.13. The highest BCUT2D eigenvalue weighted by molar-refractivity contribution is 6.09. The van der Waals surface area contributed by atoms with Crippen LogP contribution in [-0.2, 0) is 6.42 Å². The Bertz CT molecular complexity index is 1250. The normalized spacial score (nSPS) is 14.1. The smallest absolute Gasteiger partial charge is 0.291 e. The summed E-state index contributed by atoms with van der Waals surface area (Å²) in [7, 11) is 0. The van der Waals surface area contributed by atoms with Gasteiger partial charge < -0.3 is 14.2 Å². The van der Waals surface area contributed by atoms with Crippen LogP contribution in [0.3, 0.4) is 0 Å². The number of carbonyl (C=O) groups is 2. The number of anilines is 1. The zero-order valence-electron chi connectivity index (χ0n) is 17.4. The second-order valence-corrected chi connectivity index (χ2v) is 7.36. The molecular formula is C22H20N4O6. The van der Waals surface area contributed by atoms with Gasteiger partial charge in [0.1, 0.15) is 11.5 Å². The van der Waals surface area contributed by atoms with Gasteiger partial charge in [0, 0.05) is 35.4 Å². The zero-order valence-corrected chi connectivity index (χ0v) is 17.4. The van der Waals surface area contributed by atoms with Crippen molar-refractivity contribution in [3.8, 4) is 0 Å². The third-order valence-electron chi connectivity index (χ3n) is 5.24. The number of amides is 2. The average Bonchev–Trinajstić information content (AvgIpc) is 3.35. The average molecular weight is 436 g/mol. The highest BCUT2D eigenvalue weighted by Crippen LogP contribution is 2.30. The van der Waals surface area contributed by atoms with Gasteiger partial charge in [0.25, 0.3) is 17.5 Å². The third kappa shape index (κ3) is 4.02. The first kappa shape index (κ1) is 21.0. The van der Waals surface area contributed by atoms with Crippen LogP contribution in [0.5, 0.6) is 0 Å². The number of nitro benzene ring substituents is 1. The lowest BCUT2D eigenvalue weighted by Crippen LogP contribution is -2.22. The topological polar surface area (TPSA) is 140 Å². The summed E-state index contributed by atoms with van der Waals surface area (Å²) in [5, 5.41) is 17.9. The van der Waals surface area contributed by atoms with Crippen LogP contribution in [0, 0.1) is 24.0 Å². The predicted octanol–water partition coefficient (Wildman–Crippen LogP) is 4.12. The van der Waals surface area contributed by atoms with Gasteiger partial charge in [-0.15, -0.1) is 0 Å². The maximum Gasteiger partial charge on any atom is 0.291 e. The molecular weight excluding hydrogens is 416 g/mol. The van der Waals surface area contributed by atoms with E-state index in [2.05, 4.69) is 15.8 Å². The molecule has 1 aliphatic rings. The largest absolute Gasteiger partial charge is 0.469 e. The molecule has 0 spiro atoms. The minimum atomic E-state index is -0.533. The van der Waals surface area contributed by atoms with Crippen LogP contribution in [0.15, 0.2) is 50.5 Å². The molecule has 0 atom stereocenters. The van der Waals surface area contributed by atoms with E-state index in [4.69, 9.17) is 8.83 Å². The number of non-ortho nitro benzene ring substituents is 1. The Hall–Kier alpha value is -4.21. The summed E-state index contributed by atoms with van der Waals surface area (Å²) >= 11 is 0. The second kappa shape index (κ2) is 8.50. The van der Waals surface area contributed by atoms with Crippen LogP contribution in [-0.4, -0.2) is 22.4 Å². The number of benzene rings is 1. The number of nitro groups is 1. The maximum absolute atomic E-state index is 12.8. The van der Waals surface area contributed by atoms with E-state index in [0.29, 0.717) is 46.8 Å². The molecule has 2 amide bonds. The van der Waals surface area contributed by atoms with E-state index in [1.807, 2.05) is 0 Å². The first-order valence-electron chi connectivity index (χ1n) is 9.94. The molecule has 2 heterocycles. The SMILES string of the molecule is Cc1occc1C(=O)N/N=C1\CCCc2oc(C(=O)Nc3cccc([N+](=O)[O-])c3)c(C)c21. The summed E-state index contributed by atoms with van der Waals surface area (Å²) in [6.45, 7) is 3.43. The van der Waals surface area contributed by atoms with E-state index >= 15 is 0 Å². The molecule has 0 radical (unpaired) electrons. The number of rotatable bonds is 5. The van der Waals surface area contributed by atoms with Gasteiger partial charge >= 0.3 is 0 Å². The molecule has 3 aromatic rings. The van der Waals surface area contributed by atoms with Crippen LogP contribution >= 0.6 is 0 Å². The molecule has 1 aliphatic carbocycles. The number of furan rings is 2. The zero-order chi connectivity index (χ0) is 22.8. The van der Waals surface area contributed by atoms with Gasteiger partial charge in [-0.2, -0.15) is 5.10 Å². The summed E-state index contributed by atoms with van der Waals surface area (Å²) in [6.07, 6.45) is 3.44. The van der Waals surface area contributed by atoms with Crippen LogP contribution in [0.2, 0.25) is 0 Å². The lowest BCUT2D eigenvalue weighted by molar-refractivity contribution is -0.384.